The molecular weight excluding hydrogens is 286 g/mol. The van der Waals surface area contributed by atoms with Gasteiger partial charge >= 0.3 is 0 Å². The SMILES string of the molecule is Cc1cccc(S(=O)(=O)Nc2ccc(Cl)c(O)c2)c1. The van der Waals surface area contributed by atoms with Gasteiger partial charge in [-0.25, -0.2) is 8.42 Å². The maximum absolute atomic E-state index is 12.1. The Balaban J connectivity index is 2.33. The monoisotopic (exact) mass is 297 g/mol. The normalized spacial score (nSPS) is 11.3. The highest BCUT2D eigenvalue weighted by Gasteiger charge is 2.14. The predicted molar refractivity (Wildman–Crippen MR) is 75.1 cm³/mol. The Labute approximate surface area is 116 Å². The Morgan fingerprint density at radius 3 is 2.53 bits per heavy atom. The third-order valence-corrected chi connectivity index (χ3v) is 4.20. The fourth-order valence-electron chi connectivity index (χ4n) is 1.57. The van der Waals surface area contributed by atoms with Crippen LogP contribution < -0.4 is 4.72 Å². The Bertz CT molecular complexity index is 714. The van der Waals surface area contributed by atoms with Gasteiger partial charge in [0, 0.05) is 6.07 Å². The summed E-state index contributed by atoms with van der Waals surface area (Å²) in [6, 6.07) is 10.7. The number of aryl methyl sites for hydroxylation is 1. The zero-order chi connectivity index (χ0) is 14.0. The largest absolute Gasteiger partial charge is 0.506 e. The fourth-order valence-corrected chi connectivity index (χ4v) is 2.84. The number of nitrogens with one attached hydrogen (secondary N) is 1. The molecule has 0 aliphatic rings. The molecular formula is C13H12ClNO3S. The molecule has 0 saturated carbocycles. The lowest BCUT2D eigenvalue weighted by Crippen LogP contribution is -2.12. The lowest BCUT2D eigenvalue weighted by atomic mass is 10.2. The molecule has 0 aliphatic carbocycles. The van der Waals surface area contributed by atoms with Crippen molar-refractivity contribution in [2.24, 2.45) is 0 Å². The van der Waals surface area contributed by atoms with E-state index in [1.807, 2.05) is 13.0 Å². The predicted octanol–water partition coefficient (Wildman–Crippen LogP) is 3.15. The van der Waals surface area contributed by atoms with Crippen LogP contribution in [0.25, 0.3) is 0 Å². The summed E-state index contributed by atoms with van der Waals surface area (Å²) in [6.45, 7) is 1.81. The van der Waals surface area contributed by atoms with Crippen molar-refractivity contribution in [3.8, 4) is 5.75 Å². The minimum Gasteiger partial charge on any atom is -0.506 e. The molecule has 0 radical (unpaired) electrons. The maximum Gasteiger partial charge on any atom is 0.261 e. The van der Waals surface area contributed by atoms with Crippen LogP contribution in [0.2, 0.25) is 5.02 Å². The van der Waals surface area contributed by atoms with Crippen molar-refractivity contribution < 1.29 is 13.5 Å². The van der Waals surface area contributed by atoms with Crippen molar-refractivity contribution in [2.75, 3.05) is 4.72 Å². The van der Waals surface area contributed by atoms with E-state index < -0.39 is 10.0 Å². The van der Waals surface area contributed by atoms with Gasteiger partial charge in [0.2, 0.25) is 0 Å². The first-order valence-corrected chi connectivity index (χ1v) is 7.32. The van der Waals surface area contributed by atoms with Crippen LogP contribution in [0.15, 0.2) is 47.4 Å². The molecule has 0 saturated heterocycles. The Morgan fingerprint density at radius 2 is 1.89 bits per heavy atom. The van der Waals surface area contributed by atoms with Crippen molar-refractivity contribution in [2.45, 2.75) is 11.8 Å². The summed E-state index contributed by atoms with van der Waals surface area (Å²) in [5, 5.41) is 9.61. The van der Waals surface area contributed by atoms with E-state index in [2.05, 4.69) is 4.72 Å². The summed E-state index contributed by atoms with van der Waals surface area (Å²) < 4.78 is 26.6. The number of rotatable bonds is 3. The molecule has 0 heterocycles. The minimum absolute atomic E-state index is 0.165. The summed E-state index contributed by atoms with van der Waals surface area (Å²) in [6.07, 6.45) is 0. The van der Waals surface area contributed by atoms with Gasteiger partial charge in [0.15, 0.2) is 0 Å². The number of hydrogen-bond donors (Lipinski definition) is 2. The zero-order valence-electron chi connectivity index (χ0n) is 10.1. The molecule has 0 aliphatic heterocycles. The molecule has 4 nitrogen and oxygen atoms in total. The van der Waals surface area contributed by atoms with Crippen LogP contribution >= 0.6 is 11.6 Å². The average Bonchev–Trinajstić information content (AvgIpc) is 2.33. The van der Waals surface area contributed by atoms with Crippen molar-refractivity contribution in [1.82, 2.24) is 0 Å². The van der Waals surface area contributed by atoms with Crippen molar-refractivity contribution in [1.29, 1.82) is 0 Å². The molecule has 0 aromatic heterocycles. The van der Waals surface area contributed by atoms with Crippen molar-refractivity contribution >= 4 is 27.3 Å². The number of anilines is 1. The van der Waals surface area contributed by atoms with Crippen LogP contribution in [0.4, 0.5) is 5.69 Å². The fraction of sp³-hybridized carbons (Fsp3) is 0.0769. The number of sulfonamides is 1. The van der Waals surface area contributed by atoms with Gasteiger partial charge in [-0.15, -0.1) is 0 Å². The lowest BCUT2D eigenvalue weighted by Gasteiger charge is -2.09. The van der Waals surface area contributed by atoms with Crippen LogP contribution in [0.5, 0.6) is 5.75 Å². The molecule has 2 aromatic carbocycles. The number of benzene rings is 2. The second kappa shape index (κ2) is 5.11. The Morgan fingerprint density at radius 1 is 1.16 bits per heavy atom. The van der Waals surface area contributed by atoms with Crippen LogP contribution in [0.1, 0.15) is 5.56 Å². The van der Waals surface area contributed by atoms with E-state index in [0.717, 1.165) is 5.56 Å². The standard InChI is InChI=1S/C13H12ClNO3S/c1-9-3-2-4-11(7-9)19(17,18)15-10-5-6-12(14)13(16)8-10/h2-8,15-16H,1H3. The van der Waals surface area contributed by atoms with Gasteiger partial charge in [-0.2, -0.15) is 0 Å². The minimum atomic E-state index is -3.67. The van der Waals surface area contributed by atoms with Gasteiger partial charge in [0.05, 0.1) is 15.6 Å². The third kappa shape index (κ3) is 3.19. The maximum atomic E-state index is 12.1. The van der Waals surface area contributed by atoms with E-state index in [1.54, 1.807) is 12.1 Å². The molecule has 100 valence electrons. The molecule has 19 heavy (non-hydrogen) atoms. The van der Waals surface area contributed by atoms with Gasteiger partial charge in [-0.3, -0.25) is 4.72 Å². The smallest absolute Gasteiger partial charge is 0.261 e. The molecule has 6 heteroatoms. The highest BCUT2D eigenvalue weighted by molar-refractivity contribution is 7.92. The summed E-state index contributed by atoms with van der Waals surface area (Å²) in [5.41, 5.74) is 1.10. The Hall–Kier alpha value is -1.72. The van der Waals surface area contributed by atoms with Crippen LogP contribution in [-0.2, 0) is 10.0 Å². The van der Waals surface area contributed by atoms with E-state index in [0.29, 0.717) is 0 Å². The Kier molecular flexibility index (Phi) is 3.68. The van der Waals surface area contributed by atoms with Crippen LogP contribution in [0.3, 0.4) is 0 Å². The van der Waals surface area contributed by atoms with Crippen molar-refractivity contribution in [3.05, 3.63) is 53.1 Å². The molecule has 2 rings (SSSR count). The summed E-state index contributed by atoms with van der Waals surface area (Å²) in [4.78, 5) is 0.168. The van der Waals surface area contributed by atoms with Crippen molar-refractivity contribution in [3.63, 3.8) is 0 Å². The third-order valence-electron chi connectivity index (χ3n) is 2.50. The first-order valence-electron chi connectivity index (χ1n) is 5.46. The zero-order valence-corrected chi connectivity index (χ0v) is 11.7. The molecule has 0 fully saturated rings. The summed E-state index contributed by atoms with van der Waals surface area (Å²) >= 11 is 5.66. The molecule has 0 atom stereocenters. The number of halogens is 1. The highest BCUT2D eigenvalue weighted by atomic mass is 35.5. The van der Waals surface area contributed by atoms with E-state index in [1.165, 1.54) is 24.3 Å². The number of phenols is 1. The van der Waals surface area contributed by atoms with Gasteiger partial charge in [-0.1, -0.05) is 23.7 Å². The number of phenolic OH excluding ortho intramolecular Hbond substituents is 1. The molecule has 0 bridgehead atoms. The van der Waals surface area contributed by atoms with E-state index in [4.69, 9.17) is 11.6 Å². The second-order valence-corrected chi connectivity index (χ2v) is 6.18. The van der Waals surface area contributed by atoms with Gasteiger partial charge in [-0.05, 0) is 36.8 Å². The summed E-state index contributed by atoms with van der Waals surface area (Å²) in [7, 11) is -3.67. The van der Waals surface area contributed by atoms with Crippen LogP contribution in [0, 0.1) is 6.92 Å². The van der Waals surface area contributed by atoms with Gasteiger partial charge in [0.1, 0.15) is 5.75 Å². The lowest BCUT2D eigenvalue weighted by molar-refractivity contribution is 0.476. The van der Waals surface area contributed by atoms with E-state index in [9.17, 15) is 13.5 Å². The van der Waals surface area contributed by atoms with E-state index in [-0.39, 0.29) is 21.4 Å². The highest BCUT2D eigenvalue weighted by Crippen LogP contribution is 2.27. The summed E-state index contributed by atoms with van der Waals surface area (Å²) in [5.74, 6) is -0.175. The molecule has 0 unspecified atom stereocenters. The molecule has 2 N–H and O–H groups in total. The van der Waals surface area contributed by atoms with Gasteiger partial charge in [0.25, 0.3) is 10.0 Å². The van der Waals surface area contributed by atoms with Gasteiger partial charge < -0.3 is 5.11 Å². The quantitative estimate of drug-likeness (QED) is 0.914. The molecule has 0 spiro atoms. The number of hydrogen-bond acceptors (Lipinski definition) is 3. The first-order chi connectivity index (χ1) is 8.88. The second-order valence-electron chi connectivity index (χ2n) is 4.09. The molecule has 2 aromatic rings. The van der Waals surface area contributed by atoms with E-state index >= 15 is 0 Å². The average molecular weight is 298 g/mol. The first kappa shape index (κ1) is 13.7. The van der Waals surface area contributed by atoms with Crippen LogP contribution in [-0.4, -0.2) is 13.5 Å². The molecule has 0 amide bonds. The topological polar surface area (TPSA) is 66.4 Å². The number of aromatic hydroxyl groups is 1.